The number of aliphatic carboxylic acids is 1. The predicted molar refractivity (Wildman–Crippen MR) is 71.7 cm³/mol. The molecule has 1 aromatic rings. The van der Waals surface area contributed by atoms with E-state index in [1.807, 2.05) is 0 Å². The average Bonchev–Trinajstić information content (AvgIpc) is 2.43. The minimum atomic E-state index is -1.04. The van der Waals surface area contributed by atoms with Gasteiger partial charge in [-0.1, -0.05) is 0 Å². The van der Waals surface area contributed by atoms with E-state index in [1.54, 1.807) is 13.0 Å². The van der Waals surface area contributed by atoms with Crippen molar-refractivity contribution >= 4 is 17.8 Å². The molecule has 7 nitrogen and oxygen atoms in total. The van der Waals surface area contributed by atoms with E-state index in [1.165, 1.54) is 19.4 Å². The van der Waals surface area contributed by atoms with Gasteiger partial charge in [-0.25, -0.2) is 14.6 Å². The average molecular weight is 282 g/mol. The second-order valence-electron chi connectivity index (χ2n) is 3.94. The van der Waals surface area contributed by atoms with Crippen LogP contribution in [-0.4, -0.2) is 48.4 Å². The van der Waals surface area contributed by atoms with Crippen molar-refractivity contribution in [1.29, 1.82) is 0 Å². The van der Waals surface area contributed by atoms with Crippen molar-refractivity contribution in [3.05, 3.63) is 23.9 Å². The Balaban J connectivity index is 2.89. The highest BCUT2D eigenvalue weighted by molar-refractivity contribution is 5.95. The van der Waals surface area contributed by atoms with Gasteiger partial charge in [0, 0.05) is 26.3 Å². The number of anilines is 1. The molecule has 0 radical (unpaired) electrons. The predicted octanol–water partition coefficient (Wildman–Crippen LogP) is 1.16. The van der Waals surface area contributed by atoms with Gasteiger partial charge in [0.05, 0.1) is 6.61 Å². The van der Waals surface area contributed by atoms with Crippen LogP contribution in [0.25, 0.3) is 0 Å². The molecule has 20 heavy (non-hydrogen) atoms. The second kappa shape index (κ2) is 8.11. The normalized spacial score (nSPS) is 11.7. The summed E-state index contributed by atoms with van der Waals surface area (Å²) in [6, 6.07) is 2.23. The maximum Gasteiger partial charge on any atom is 0.341 e. The number of carbonyl (C=O) groups is 2. The lowest BCUT2D eigenvalue weighted by Gasteiger charge is -2.16. The van der Waals surface area contributed by atoms with Gasteiger partial charge in [0.15, 0.2) is 0 Å². The Morgan fingerprint density at radius 2 is 2.25 bits per heavy atom. The van der Waals surface area contributed by atoms with Gasteiger partial charge in [0.25, 0.3) is 0 Å². The zero-order valence-corrected chi connectivity index (χ0v) is 11.5. The van der Waals surface area contributed by atoms with E-state index in [0.717, 1.165) is 0 Å². The number of carboxylic acid groups (broad SMARTS) is 1. The third-order valence-electron chi connectivity index (χ3n) is 2.52. The molecule has 1 heterocycles. The Morgan fingerprint density at radius 1 is 1.50 bits per heavy atom. The number of rotatable bonds is 8. The molecule has 0 aliphatic rings. The molecule has 0 aliphatic carbocycles. The zero-order valence-electron chi connectivity index (χ0n) is 11.5. The molecule has 0 saturated heterocycles. The van der Waals surface area contributed by atoms with Gasteiger partial charge in [-0.3, -0.25) is 0 Å². The SMILES string of the molecule is CCOC(=O)c1cccnc1NC(CCOC)C(=O)O. The van der Waals surface area contributed by atoms with E-state index in [0.29, 0.717) is 0 Å². The number of pyridine rings is 1. The Hall–Kier alpha value is -2.15. The Labute approximate surface area is 116 Å². The number of esters is 1. The smallest absolute Gasteiger partial charge is 0.341 e. The van der Waals surface area contributed by atoms with Crippen LogP contribution in [0.2, 0.25) is 0 Å². The number of hydrogen-bond donors (Lipinski definition) is 2. The number of methoxy groups -OCH3 is 1. The van der Waals surface area contributed by atoms with E-state index < -0.39 is 18.0 Å². The van der Waals surface area contributed by atoms with Crippen molar-refractivity contribution < 1.29 is 24.2 Å². The molecule has 1 aromatic heterocycles. The van der Waals surface area contributed by atoms with Crippen LogP contribution in [0.4, 0.5) is 5.82 Å². The van der Waals surface area contributed by atoms with E-state index in [9.17, 15) is 9.59 Å². The quantitative estimate of drug-likeness (QED) is 0.690. The first-order valence-corrected chi connectivity index (χ1v) is 6.20. The monoisotopic (exact) mass is 282 g/mol. The van der Waals surface area contributed by atoms with Crippen LogP contribution < -0.4 is 5.32 Å². The molecule has 1 unspecified atom stereocenters. The summed E-state index contributed by atoms with van der Waals surface area (Å²) in [5.74, 6) is -1.39. The highest BCUT2D eigenvalue weighted by Crippen LogP contribution is 2.15. The van der Waals surface area contributed by atoms with E-state index >= 15 is 0 Å². The van der Waals surface area contributed by atoms with Crippen LogP contribution in [0.5, 0.6) is 0 Å². The summed E-state index contributed by atoms with van der Waals surface area (Å²) in [7, 11) is 1.49. The maximum atomic E-state index is 11.8. The lowest BCUT2D eigenvalue weighted by Crippen LogP contribution is -2.31. The van der Waals surface area contributed by atoms with Gasteiger partial charge in [0.1, 0.15) is 17.4 Å². The van der Waals surface area contributed by atoms with Gasteiger partial charge in [-0.15, -0.1) is 0 Å². The molecule has 7 heteroatoms. The molecule has 0 amide bonds. The Morgan fingerprint density at radius 3 is 2.85 bits per heavy atom. The van der Waals surface area contributed by atoms with Gasteiger partial charge in [-0.2, -0.15) is 0 Å². The summed E-state index contributed by atoms with van der Waals surface area (Å²) in [4.78, 5) is 26.9. The topological polar surface area (TPSA) is 97.8 Å². The number of carboxylic acids is 1. The molecule has 1 atom stereocenters. The fraction of sp³-hybridized carbons (Fsp3) is 0.462. The van der Waals surface area contributed by atoms with Crippen molar-refractivity contribution in [2.24, 2.45) is 0 Å². The van der Waals surface area contributed by atoms with Gasteiger partial charge < -0.3 is 19.9 Å². The van der Waals surface area contributed by atoms with Crippen LogP contribution in [0, 0.1) is 0 Å². The van der Waals surface area contributed by atoms with Crippen molar-refractivity contribution in [2.45, 2.75) is 19.4 Å². The molecule has 0 spiro atoms. The maximum absolute atomic E-state index is 11.8. The van der Waals surface area contributed by atoms with Crippen LogP contribution in [0.1, 0.15) is 23.7 Å². The highest BCUT2D eigenvalue weighted by atomic mass is 16.5. The van der Waals surface area contributed by atoms with Crippen LogP contribution in [0.15, 0.2) is 18.3 Å². The molecule has 1 rings (SSSR count). The summed E-state index contributed by atoms with van der Waals surface area (Å²) in [5, 5.41) is 11.9. The van der Waals surface area contributed by atoms with Gasteiger partial charge in [0.2, 0.25) is 0 Å². The summed E-state index contributed by atoms with van der Waals surface area (Å²) < 4.78 is 9.76. The molecule has 0 fully saturated rings. The van der Waals surface area contributed by atoms with Crippen LogP contribution >= 0.6 is 0 Å². The largest absolute Gasteiger partial charge is 0.480 e. The van der Waals surface area contributed by atoms with Crippen molar-refractivity contribution in [2.75, 3.05) is 25.6 Å². The van der Waals surface area contributed by atoms with E-state index in [4.69, 9.17) is 14.6 Å². The molecular formula is C13H18N2O5. The Kier molecular flexibility index (Phi) is 6.45. The molecule has 0 bridgehead atoms. The van der Waals surface area contributed by atoms with Crippen LogP contribution in [0.3, 0.4) is 0 Å². The van der Waals surface area contributed by atoms with E-state index in [-0.39, 0.29) is 31.0 Å². The third kappa shape index (κ3) is 4.51. The van der Waals surface area contributed by atoms with Crippen molar-refractivity contribution in [1.82, 2.24) is 4.98 Å². The lowest BCUT2D eigenvalue weighted by atomic mass is 10.2. The molecule has 0 aromatic carbocycles. The third-order valence-corrected chi connectivity index (χ3v) is 2.52. The summed E-state index contributed by atoms with van der Waals surface area (Å²) in [6.45, 7) is 2.21. The number of aromatic nitrogens is 1. The number of hydrogen-bond acceptors (Lipinski definition) is 6. The highest BCUT2D eigenvalue weighted by Gasteiger charge is 2.21. The first kappa shape index (κ1) is 15.9. The van der Waals surface area contributed by atoms with E-state index in [2.05, 4.69) is 10.3 Å². The second-order valence-corrected chi connectivity index (χ2v) is 3.94. The summed E-state index contributed by atoms with van der Waals surface area (Å²) in [6.07, 6.45) is 1.73. The standard InChI is InChI=1S/C13H18N2O5/c1-3-20-13(18)9-5-4-7-14-11(9)15-10(12(16)17)6-8-19-2/h4-5,7,10H,3,6,8H2,1-2H3,(H,14,15)(H,16,17). The number of nitrogens with zero attached hydrogens (tertiary/aromatic N) is 1. The van der Waals surface area contributed by atoms with Crippen molar-refractivity contribution in [3.63, 3.8) is 0 Å². The fourth-order valence-corrected chi connectivity index (χ4v) is 1.55. The number of carbonyl (C=O) groups excluding carboxylic acids is 1. The zero-order chi connectivity index (χ0) is 15.0. The molecule has 0 saturated carbocycles. The molecule has 2 N–H and O–H groups in total. The van der Waals surface area contributed by atoms with Crippen LogP contribution in [-0.2, 0) is 14.3 Å². The Bertz CT molecular complexity index is 464. The first-order valence-electron chi connectivity index (χ1n) is 6.20. The minimum Gasteiger partial charge on any atom is -0.480 e. The fourth-order valence-electron chi connectivity index (χ4n) is 1.55. The van der Waals surface area contributed by atoms with Crippen molar-refractivity contribution in [3.8, 4) is 0 Å². The van der Waals surface area contributed by atoms with Gasteiger partial charge in [-0.05, 0) is 19.1 Å². The number of nitrogens with one attached hydrogen (secondary N) is 1. The van der Waals surface area contributed by atoms with Gasteiger partial charge >= 0.3 is 11.9 Å². The molecule has 110 valence electrons. The molecular weight excluding hydrogens is 264 g/mol. The summed E-state index contributed by atoms with van der Waals surface area (Å²) in [5.41, 5.74) is 0.206. The number of ether oxygens (including phenoxy) is 2. The molecule has 0 aliphatic heterocycles. The minimum absolute atomic E-state index is 0.189. The first-order chi connectivity index (χ1) is 9.60. The summed E-state index contributed by atoms with van der Waals surface area (Å²) >= 11 is 0. The lowest BCUT2D eigenvalue weighted by molar-refractivity contribution is -0.138.